The molecule has 1 aromatic carbocycles. The summed E-state index contributed by atoms with van der Waals surface area (Å²) in [6.07, 6.45) is -0.563. The molecule has 0 aliphatic carbocycles. The lowest BCUT2D eigenvalue weighted by molar-refractivity contribution is -0.137. The number of alkyl halides is 3. The third-order valence-corrected chi connectivity index (χ3v) is 3.09. The summed E-state index contributed by atoms with van der Waals surface area (Å²) in [4.78, 5) is 11.9. The molecule has 0 aliphatic heterocycles. The van der Waals surface area contributed by atoms with Crippen molar-refractivity contribution < 1.29 is 18.0 Å². The van der Waals surface area contributed by atoms with Crippen molar-refractivity contribution in [3.05, 3.63) is 53.3 Å². The van der Waals surface area contributed by atoms with Gasteiger partial charge >= 0.3 is 6.18 Å². The molecule has 0 aliphatic rings. The molecule has 0 unspecified atom stereocenters. The number of benzene rings is 1. The Labute approximate surface area is 120 Å². The molecule has 3 nitrogen and oxygen atoms in total. The Morgan fingerprint density at radius 1 is 1.14 bits per heavy atom. The quantitative estimate of drug-likeness (QED) is 0.848. The highest BCUT2D eigenvalue weighted by Crippen LogP contribution is 2.29. The van der Waals surface area contributed by atoms with E-state index in [1.54, 1.807) is 17.1 Å². The Hall–Kier alpha value is -2.11. The second-order valence-corrected chi connectivity index (χ2v) is 4.79. The third-order valence-electron chi connectivity index (χ3n) is 3.09. The molecule has 0 amide bonds. The maximum Gasteiger partial charge on any atom is 0.416 e. The topological polar surface area (TPSA) is 34.9 Å². The number of carbonyl (C=O) groups is 1. The molecule has 0 spiro atoms. The second-order valence-electron chi connectivity index (χ2n) is 4.79. The summed E-state index contributed by atoms with van der Waals surface area (Å²) in [7, 11) is 0. The van der Waals surface area contributed by atoms with Crippen LogP contribution in [0.15, 0.2) is 36.7 Å². The Morgan fingerprint density at radius 2 is 1.76 bits per heavy atom. The van der Waals surface area contributed by atoms with Crippen molar-refractivity contribution in [2.45, 2.75) is 32.5 Å². The number of aryl methyl sites for hydroxylation is 1. The highest BCUT2D eigenvalue weighted by molar-refractivity contribution is 5.82. The fraction of sp³-hybridized carbons (Fsp3) is 0.333. The van der Waals surface area contributed by atoms with Gasteiger partial charge in [-0.2, -0.15) is 18.3 Å². The van der Waals surface area contributed by atoms with E-state index in [0.29, 0.717) is 5.56 Å². The Balaban J connectivity index is 1.96. The van der Waals surface area contributed by atoms with E-state index < -0.39 is 11.7 Å². The molecule has 0 saturated heterocycles. The minimum Gasteiger partial charge on any atom is -0.299 e. The Bertz CT molecular complexity index is 615. The molecule has 1 heterocycles. The van der Waals surface area contributed by atoms with Gasteiger partial charge < -0.3 is 0 Å². The van der Waals surface area contributed by atoms with Crippen LogP contribution >= 0.6 is 0 Å². The van der Waals surface area contributed by atoms with Gasteiger partial charge in [0.15, 0.2) is 0 Å². The van der Waals surface area contributed by atoms with Crippen LogP contribution in [0.25, 0.3) is 0 Å². The second kappa shape index (κ2) is 6.11. The molecule has 0 bridgehead atoms. The highest BCUT2D eigenvalue weighted by Gasteiger charge is 2.29. The molecule has 2 aromatic rings. The van der Waals surface area contributed by atoms with Crippen LogP contribution in [0, 0.1) is 0 Å². The summed E-state index contributed by atoms with van der Waals surface area (Å²) in [5, 5.41) is 4.07. The fourth-order valence-corrected chi connectivity index (χ4v) is 2.00. The number of halogens is 3. The average Bonchev–Trinajstić information content (AvgIpc) is 2.85. The maximum atomic E-state index is 12.4. The molecular formula is C15H15F3N2O. The summed E-state index contributed by atoms with van der Waals surface area (Å²) >= 11 is 0. The van der Waals surface area contributed by atoms with Gasteiger partial charge in [0, 0.05) is 25.6 Å². The van der Waals surface area contributed by atoms with Crippen LogP contribution < -0.4 is 0 Å². The molecule has 112 valence electrons. The number of rotatable bonds is 5. The SMILES string of the molecule is CCn1cc(CC(=O)Cc2ccc(C(F)(F)F)cc2)cn1. The lowest BCUT2D eigenvalue weighted by Crippen LogP contribution is -2.08. The standard InChI is InChI=1S/C15H15F3N2O/c1-2-20-10-12(9-19-20)8-14(21)7-11-3-5-13(6-4-11)15(16,17)18/h3-6,9-10H,2,7-8H2,1H3. The smallest absolute Gasteiger partial charge is 0.299 e. The summed E-state index contributed by atoms with van der Waals surface area (Å²) in [5.74, 6) is -0.0505. The monoisotopic (exact) mass is 296 g/mol. The number of hydrogen-bond donors (Lipinski definition) is 0. The number of ketones is 1. The Kier molecular flexibility index (Phi) is 4.45. The van der Waals surface area contributed by atoms with Gasteiger partial charge in [-0.15, -0.1) is 0 Å². The molecule has 2 rings (SSSR count). The van der Waals surface area contributed by atoms with Gasteiger partial charge in [0.2, 0.25) is 0 Å². The van der Waals surface area contributed by atoms with E-state index in [2.05, 4.69) is 5.10 Å². The minimum absolute atomic E-state index is 0.0505. The van der Waals surface area contributed by atoms with Gasteiger partial charge in [-0.25, -0.2) is 0 Å². The maximum absolute atomic E-state index is 12.4. The molecule has 0 N–H and O–H groups in total. The van der Waals surface area contributed by atoms with Crippen LogP contribution in [0.5, 0.6) is 0 Å². The summed E-state index contributed by atoms with van der Waals surface area (Å²) < 4.78 is 39.0. The van der Waals surface area contributed by atoms with Crippen molar-refractivity contribution in [2.24, 2.45) is 0 Å². The van der Waals surface area contributed by atoms with Crippen molar-refractivity contribution in [3.8, 4) is 0 Å². The first-order chi connectivity index (χ1) is 9.88. The molecule has 0 saturated carbocycles. The first-order valence-corrected chi connectivity index (χ1v) is 6.57. The van der Waals surface area contributed by atoms with E-state index in [1.165, 1.54) is 12.1 Å². The predicted molar refractivity (Wildman–Crippen MR) is 71.8 cm³/mol. The van der Waals surface area contributed by atoms with E-state index in [0.717, 1.165) is 24.2 Å². The summed E-state index contributed by atoms with van der Waals surface area (Å²) in [6, 6.07) is 4.68. The van der Waals surface area contributed by atoms with Gasteiger partial charge in [-0.3, -0.25) is 9.48 Å². The number of Topliss-reactive ketones (excluding diaryl/α,β-unsaturated/α-hetero) is 1. The van der Waals surface area contributed by atoms with E-state index in [-0.39, 0.29) is 18.6 Å². The third kappa shape index (κ3) is 4.18. The Morgan fingerprint density at radius 3 is 2.29 bits per heavy atom. The highest BCUT2D eigenvalue weighted by atomic mass is 19.4. The molecule has 21 heavy (non-hydrogen) atoms. The van der Waals surface area contributed by atoms with Crippen molar-refractivity contribution in [2.75, 3.05) is 0 Å². The predicted octanol–water partition coefficient (Wildman–Crippen LogP) is 3.28. The molecule has 0 radical (unpaired) electrons. The van der Waals surface area contributed by atoms with E-state index >= 15 is 0 Å². The van der Waals surface area contributed by atoms with Gasteiger partial charge in [0.25, 0.3) is 0 Å². The lowest BCUT2D eigenvalue weighted by Gasteiger charge is -2.07. The van der Waals surface area contributed by atoms with Crippen molar-refractivity contribution >= 4 is 5.78 Å². The van der Waals surface area contributed by atoms with Gasteiger partial charge in [-0.05, 0) is 30.2 Å². The van der Waals surface area contributed by atoms with Crippen LogP contribution in [0.4, 0.5) is 13.2 Å². The zero-order valence-electron chi connectivity index (χ0n) is 11.5. The first-order valence-electron chi connectivity index (χ1n) is 6.57. The van der Waals surface area contributed by atoms with E-state index in [9.17, 15) is 18.0 Å². The largest absolute Gasteiger partial charge is 0.416 e. The summed E-state index contributed by atoms with van der Waals surface area (Å²) in [6.45, 7) is 2.67. The van der Waals surface area contributed by atoms with Crippen molar-refractivity contribution in [1.82, 2.24) is 9.78 Å². The number of nitrogens with zero attached hydrogens (tertiary/aromatic N) is 2. The first kappa shape index (κ1) is 15.3. The van der Waals surface area contributed by atoms with Crippen LogP contribution in [-0.2, 0) is 30.4 Å². The van der Waals surface area contributed by atoms with E-state index in [1.807, 2.05) is 6.92 Å². The van der Waals surface area contributed by atoms with Crippen LogP contribution in [0.2, 0.25) is 0 Å². The van der Waals surface area contributed by atoms with Gasteiger partial charge in [0.1, 0.15) is 5.78 Å². The zero-order valence-corrected chi connectivity index (χ0v) is 11.5. The van der Waals surface area contributed by atoms with Gasteiger partial charge in [0.05, 0.1) is 11.8 Å². The normalized spacial score (nSPS) is 11.6. The van der Waals surface area contributed by atoms with Crippen LogP contribution in [0.1, 0.15) is 23.6 Å². The average molecular weight is 296 g/mol. The minimum atomic E-state index is -4.35. The molecule has 0 fully saturated rings. The van der Waals surface area contributed by atoms with Crippen molar-refractivity contribution in [3.63, 3.8) is 0 Å². The van der Waals surface area contributed by atoms with E-state index in [4.69, 9.17) is 0 Å². The number of carbonyl (C=O) groups excluding carboxylic acids is 1. The molecule has 6 heteroatoms. The lowest BCUT2D eigenvalue weighted by atomic mass is 10.0. The van der Waals surface area contributed by atoms with Gasteiger partial charge in [-0.1, -0.05) is 12.1 Å². The molecular weight excluding hydrogens is 281 g/mol. The number of hydrogen-bond acceptors (Lipinski definition) is 2. The zero-order chi connectivity index (χ0) is 15.5. The van der Waals surface area contributed by atoms with Crippen LogP contribution in [0.3, 0.4) is 0 Å². The molecule has 1 aromatic heterocycles. The van der Waals surface area contributed by atoms with Crippen molar-refractivity contribution in [1.29, 1.82) is 0 Å². The summed E-state index contributed by atoms with van der Waals surface area (Å²) in [5.41, 5.74) is 0.688. The van der Waals surface area contributed by atoms with Crippen LogP contribution in [-0.4, -0.2) is 15.6 Å². The number of aromatic nitrogens is 2. The fourth-order valence-electron chi connectivity index (χ4n) is 2.00. The molecule has 0 atom stereocenters.